The largest absolute Gasteiger partial charge is 0.416 e. The van der Waals surface area contributed by atoms with E-state index < -0.39 is 33.3 Å². The van der Waals surface area contributed by atoms with Gasteiger partial charge in [-0.25, -0.2) is 0 Å². The molecule has 0 amide bonds. The van der Waals surface area contributed by atoms with E-state index in [1.54, 1.807) is 60.7 Å². The molecule has 244 valence electrons. The van der Waals surface area contributed by atoms with Gasteiger partial charge < -0.3 is 9.13 Å². The third kappa shape index (κ3) is 6.54. The number of para-hydroxylation sites is 2. The van der Waals surface area contributed by atoms with Gasteiger partial charge in [-0.3, -0.25) is 20.2 Å². The molecule has 0 aliphatic rings. The van der Waals surface area contributed by atoms with Gasteiger partial charge in [0.2, 0.25) is 0 Å². The van der Waals surface area contributed by atoms with Crippen LogP contribution >= 0.6 is 0 Å². The first-order chi connectivity index (χ1) is 22.6. The van der Waals surface area contributed by atoms with E-state index in [2.05, 4.69) is 13.2 Å². The summed E-state index contributed by atoms with van der Waals surface area (Å²) >= 11 is 0. The number of rotatable bonds is 6. The van der Waals surface area contributed by atoms with Crippen molar-refractivity contribution in [2.45, 2.75) is 12.4 Å². The first kappa shape index (κ1) is 33.2. The van der Waals surface area contributed by atoms with Gasteiger partial charge in [0.05, 0.1) is 32.0 Å². The Morgan fingerprint density at radius 1 is 0.562 bits per heavy atom. The highest BCUT2D eigenvalue weighted by atomic mass is 19.4. The Hall–Kier alpha value is -6.18. The van der Waals surface area contributed by atoms with Gasteiger partial charge in [0, 0.05) is 69.9 Å². The molecule has 0 saturated carbocycles. The van der Waals surface area contributed by atoms with E-state index in [9.17, 15) is 46.6 Å². The number of aromatic nitrogens is 2. The number of allylic oxidation sites excluding steroid dienone is 2. The van der Waals surface area contributed by atoms with Gasteiger partial charge in [-0.15, -0.1) is 0 Å². The predicted molar refractivity (Wildman–Crippen MR) is 170 cm³/mol. The number of halogens is 6. The number of nitrogens with zero attached hydrogens (tertiary/aromatic N) is 4. The van der Waals surface area contributed by atoms with Crippen molar-refractivity contribution in [1.29, 1.82) is 0 Å². The number of nitro groups is 2. The van der Waals surface area contributed by atoms with Crippen molar-refractivity contribution in [3.05, 3.63) is 154 Å². The van der Waals surface area contributed by atoms with Crippen molar-refractivity contribution in [3.8, 4) is 11.4 Å². The molecule has 0 fully saturated rings. The van der Waals surface area contributed by atoms with Crippen LogP contribution in [0.2, 0.25) is 0 Å². The highest BCUT2D eigenvalue weighted by molar-refractivity contribution is 5.97. The molecule has 0 unspecified atom stereocenters. The quantitative estimate of drug-likeness (QED) is 0.101. The predicted octanol–water partition coefficient (Wildman–Crippen LogP) is 10.2. The zero-order chi connectivity index (χ0) is 35.0. The molecule has 14 heteroatoms. The number of fused-ring (bicyclic) bond motifs is 2. The van der Waals surface area contributed by atoms with Crippen LogP contribution in [0.1, 0.15) is 11.1 Å². The first-order valence-electron chi connectivity index (χ1n) is 13.8. The van der Waals surface area contributed by atoms with E-state index >= 15 is 0 Å². The van der Waals surface area contributed by atoms with Crippen LogP contribution < -0.4 is 0 Å². The third-order valence-electron chi connectivity index (χ3n) is 7.40. The summed E-state index contributed by atoms with van der Waals surface area (Å²) in [5.41, 5.74) is -0.733. The van der Waals surface area contributed by atoms with Crippen LogP contribution in [-0.4, -0.2) is 31.3 Å². The average molecular weight is 665 g/mol. The van der Waals surface area contributed by atoms with Gasteiger partial charge in [-0.2, -0.15) is 26.3 Å². The Bertz CT molecular complexity index is 2040. The molecule has 48 heavy (non-hydrogen) atoms. The molecule has 0 aliphatic heterocycles. The minimum absolute atomic E-state index is 0.101. The molecular weight excluding hydrogens is 642 g/mol. The molecule has 0 saturated heterocycles. The minimum atomic E-state index is -4.59. The van der Waals surface area contributed by atoms with E-state index in [-0.39, 0.29) is 33.3 Å². The summed E-state index contributed by atoms with van der Waals surface area (Å²) in [6.45, 7) is 6.28. The molecule has 0 aliphatic carbocycles. The molecule has 0 bridgehead atoms. The summed E-state index contributed by atoms with van der Waals surface area (Å²) in [6.07, 6.45) is -6.56. The normalized spacial score (nSPS) is 11.6. The lowest BCUT2D eigenvalue weighted by molar-refractivity contribution is -0.384. The van der Waals surface area contributed by atoms with E-state index in [4.69, 9.17) is 0 Å². The smallest absolute Gasteiger partial charge is 0.316 e. The van der Waals surface area contributed by atoms with Crippen LogP contribution in [0.15, 0.2) is 123 Å². The lowest BCUT2D eigenvalue weighted by atomic mass is 10.1. The summed E-state index contributed by atoms with van der Waals surface area (Å²) in [5.74, 6) is 0. The fraction of sp³-hybridized carbons (Fsp3) is 0.0588. The maximum absolute atomic E-state index is 13.1. The van der Waals surface area contributed by atoms with Gasteiger partial charge in [0.15, 0.2) is 0 Å². The molecule has 6 rings (SSSR count). The van der Waals surface area contributed by atoms with Crippen molar-refractivity contribution < 1.29 is 36.2 Å². The van der Waals surface area contributed by atoms with Gasteiger partial charge in [0.25, 0.3) is 11.4 Å². The summed E-state index contributed by atoms with van der Waals surface area (Å²) in [5, 5.41) is 22.5. The number of benzene rings is 4. The highest BCUT2D eigenvalue weighted by Gasteiger charge is 2.36. The Kier molecular flexibility index (Phi) is 8.68. The van der Waals surface area contributed by atoms with E-state index in [1.165, 1.54) is 57.9 Å². The second-order valence-electron chi connectivity index (χ2n) is 10.4. The van der Waals surface area contributed by atoms with Crippen LogP contribution in [-0.2, 0) is 0 Å². The summed E-state index contributed by atoms with van der Waals surface area (Å²) in [6, 6.07) is 24.8. The number of hydrogen-bond acceptors (Lipinski definition) is 4. The number of nitro benzene ring substituents is 2. The Morgan fingerprint density at radius 3 is 1.19 bits per heavy atom. The van der Waals surface area contributed by atoms with Crippen LogP contribution in [0.5, 0.6) is 0 Å². The molecular formula is C34H22F6N4O4. The molecule has 0 radical (unpaired) electrons. The maximum Gasteiger partial charge on any atom is 0.416 e. The fourth-order valence-electron chi connectivity index (χ4n) is 5.05. The van der Waals surface area contributed by atoms with Gasteiger partial charge in [-0.05, 0) is 36.4 Å². The number of alkyl halides is 6. The van der Waals surface area contributed by atoms with Crippen LogP contribution in [0, 0.1) is 20.2 Å². The minimum Gasteiger partial charge on any atom is -0.316 e. The molecule has 6 aromatic rings. The Morgan fingerprint density at radius 2 is 0.896 bits per heavy atom. The first-order valence-corrected chi connectivity index (χ1v) is 13.8. The summed E-state index contributed by atoms with van der Waals surface area (Å²) in [7, 11) is 0. The van der Waals surface area contributed by atoms with E-state index in [1.807, 2.05) is 0 Å². The van der Waals surface area contributed by atoms with Crippen LogP contribution in [0.4, 0.5) is 37.7 Å². The molecule has 0 atom stereocenters. The molecule has 8 nitrogen and oxygen atoms in total. The van der Waals surface area contributed by atoms with Crippen LogP contribution in [0.25, 0.3) is 44.3 Å². The molecule has 2 aromatic heterocycles. The highest BCUT2D eigenvalue weighted by Crippen LogP contribution is 2.40. The van der Waals surface area contributed by atoms with E-state index in [0.717, 1.165) is 0 Å². The lowest BCUT2D eigenvalue weighted by Crippen LogP contribution is -2.09. The number of non-ortho nitro benzene ring substituents is 2. The topological polar surface area (TPSA) is 96.1 Å². The molecule has 4 aromatic carbocycles. The monoisotopic (exact) mass is 664 g/mol. The molecule has 0 N–H and O–H groups in total. The zero-order valence-corrected chi connectivity index (χ0v) is 24.5. The summed E-state index contributed by atoms with van der Waals surface area (Å²) in [4.78, 5) is 20.8. The SMILES string of the molecule is C=C(c1cn(-c2ccccc2)c2cc([N+](=O)[O-])ccc12)C(F)(F)F.C=C(c1cn(-c2ccccc2)c2cc([N+](=O)[O-])ccc12)C(F)(F)F. The van der Waals surface area contributed by atoms with Crippen molar-refractivity contribution in [2.24, 2.45) is 0 Å². The Balaban J connectivity index is 0.000000188. The fourth-order valence-corrected chi connectivity index (χ4v) is 5.05. The van der Waals surface area contributed by atoms with E-state index in [0.29, 0.717) is 22.4 Å². The van der Waals surface area contributed by atoms with Gasteiger partial charge in [0.1, 0.15) is 0 Å². The average Bonchev–Trinajstić information content (AvgIpc) is 3.62. The second-order valence-corrected chi connectivity index (χ2v) is 10.4. The molecule has 2 heterocycles. The van der Waals surface area contributed by atoms with Crippen molar-refractivity contribution in [1.82, 2.24) is 9.13 Å². The third-order valence-corrected chi connectivity index (χ3v) is 7.40. The Labute approximate surface area is 267 Å². The second kappa shape index (κ2) is 12.5. The van der Waals surface area contributed by atoms with Crippen LogP contribution in [0.3, 0.4) is 0 Å². The lowest BCUT2D eigenvalue weighted by Gasteiger charge is -2.08. The molecule has 0 spiro atoms. The standard InChI is InChI=1S/2C17H11F3N2O2/c2*1-11(17(18,19)20)15-10-21(12-5-3-2-4-6-12)16-9-13(22(23)24)7-8-14(15)16/h2*2-10H,1H2. The maximum atomic E-state index is 13.1. The zero-order valence-electron chi connectivity index (χ0n) is 24.5. The van der Waals surface area contributed by atoms with Gasteiger partial charge >= 0.3 is 12.4 Å². The van der Waals surface area contributed by atoms with Crippen molar-refractivity contribution in [2.75, 3.05) is 0 Å². The summed E-state index contributed by atoms with van der Waals surface area (Å²) < 4.78 is 81.4. The van der Waals surface area contributed by atoms with Gasteiger partial charge in [-0.1, -0.05) is 49.6 Å². The van der Waals surface area contributed by atoms with Crippen molar-refractivity contribution >= 4 is 44.3 Å². The number of hydrogen-bond donors (Lipinski definition) is 0. The van der Waals surface area contributed by atoms with Crippen molar-refractivity contribution in [3.63, 3.8) is 0 Å².